The van der Waals surface area contributed by atoms with Crippen molar-refractivity contribution in [3.63, 3.8) is 0 Å². The Labute approximate surface area is 112 Å². The van der Waals surface area contributed by atoms with Gasteiger partial charge < -0.3 is 10.1 Å². The summed E-state index contributed by atoms with van der Waals surface area (Å²) in [6, 6.07) is 0.707. The highest BCUT2D eigenvalue weighted by Gasteiger charge is 2.40. The molecule has 2 fully saturated rings. The Kier molecular flexibility index (Phi) is 5.05. The van der Waals surface area contributed by atoms with Crippen LogP contribution < -0.4 is 5.32 Å². The van der Waals surface area contributed by atoms with Crippen molar-refractivity contribution < 1.29 is 4.74 Å². The molecule has 0 aromatic rings. The van der Waals surface area contributed by atoms with E-state index in [1.807, 2.05) is 7.11 Å². The third-order valence-electron chi connectivity index (χ3n) is 4.81. The third kappa shape index (κ3) is 3.25. The summed E-state index contributed by atoms with van der Waals surface area (Å²) in [6.45, 7) is 7.96. The van der Waals surface area contributed by atoms with Crippen LogP contribution in [0.1, 0.15) is 52.4 Å². The van der Waals surface area contributed by atoms with Gasteiger partial charge >= 0.3 is 0 Å². The minimum Gasteiger partial charge on any atom is -0.380 e. The number of nitrogens with zero attached hydrogens (tertiary/aromatic N) is 1. The maximum Gasteiger partial charge on any atom is 0.0670 e. The monoisotopic (exact) mass is 254 g/mol. The predicted octanol–water partition coefficient (Wildman–Crippen LogP) is 2.41. The summed E-state index contributed by atoms with van der Waals surface area (Å²) in [5, 5.41) is 3.87. The first-order valence-corrected chi connectivity index (χ1v) is 7.71. The molecule has 0 bridgehead atoms. The number of methoxy groups -OCH3 is 1. The van der Waals surface area contributed by atoms with Gasteiger partial charge in [-0.25, -0.2) is 0 Å². The summed E-state index contributed by atoms with van der Waals surface area (Å²) >= 11 is 0. The molecule has 1 saturated heterocycles. The van der Waals surface area contributed by atoms with E-state index in [4.69, 9.17) is 4.74 Å². The smallest absolute Gasteiger partial charge is 0.0670 e. The maximum atomic E-state index is 5.47. The molecule has 2 rings (SSSR count). The first-order chi connectivity index (χ1) is 8.69. The van der Waals surface area contributed by atoms with Gasteiger partial charge in [0, 0.05) is 38.3 Å². The fourth-order valence-electron chi connectivity index (χ4n) is 3.66. The van der Waals surface area contributed by atoms with Crippen LogP contribution in [0.3, 0.4) is 0 Å². The molecule has 18 heavy (non-hydrogen) atoms. The van der Waals surface area contributed by atoms with Gasteiger partial charge in [-0.2, -0.15) is 0 Å². The molecular formula is C15H30N2O. The third-order valence-corrected chi connectivity index (χ3v) is 4.81. The summed E-state index contributed by atoms with van der Waals surface area (Å²) in [5.41, 5.74) is 0.428. The first kappa shape index (κ1) is 14.3. The average Bonchev–Trinajstić information content (AvgIpc) is 2.81. The maximum absolute atomic E-state index is 5.47. The van der Waals surface area contributed by atoms with Crippen molar-refractivity contribution in [3.05, 3.63) is 0 Å². The van der Waals surface area contributed by atoms with Crippen molar-refractivity contribution in [1.82, 2.24) is 10.2 Å². The van der Waals surface area contributed by atoms with Gasteiger partial charge in [-0.15, -0.1) is 0 Å². The van der Waals surface area contributed by atoms with Crippen LogP contribution in [0.2, 0.25) is 0 Å². The van der Waals surface area contributed by atoms with Crippen LogP contribution in [0.4, 0.5) is 0 Å². The lowest BCUT2D eigenvalue weighted by Gasteiger charge is -2.47. The molecule has 0 aromatic carbocycles. The zero-order chi connectivity index (χ0) is 13.0. The normalized spacial score (nSPS) is 29.8. The van der Waals surface area contributed by atoms with Crippen molar-refractivity contribution in [2.45, 2.75) is 70.1 Å². The van der Waals surface area contributed by atoms with E-state index in [1.165, 1.54) is 51.6 Å². The average molecular weight is 254 g/mol. The van der Waals surface area contributed by atoms with Gasteiger partial charge in [0.2, 0.25) is 0 Å². The Morgan fingerprint density at radius 1 is 1.39 bits per heavy atom. The van der Waals surface area contributed by atoms with E-state index in [0.717, 1.165) is 6.54 Å². The molecule has 1 aliphatic carbocycles. The fourth-order valence-corrected chi connectivity index (χ4v) is 3.66. The van der Waals surface area contributed by atoms with Crippen LogP contribution in [-0.4, -0.2) is 49.3 Å². The molecule has 3 nitrogen and oxygen atoms in total. The SMILES string of the molecule is CCCC1CNC2(CCCC2)CN1CC(C)OC. The molecule has 0 amide bonds. The summed E-state index contributed by atoms with van der Waals surface area (Å²) in [7, 11) is 1.83. The van der Waals surface area contributed by atoms with Gasteiger partial charge in [0.05, 0.1) is 6.10 Å². The summed E-state index contributed by atoms with van der Waals surface area (Å²) in [5.74, 6) is 0. The van der Waals surface area contributed by atoms with Crippen molar-refractivity contribution in [2.24, 2.45) is 0 Å². The molecule has 2 unspecified atom stereocenters. The minimum absolute atomic E-state index is 0.348. The lowest BCUT2D eigenvalue weighted by Crippen LogP contribution is -2.64. The van der Waals surface area contributed by atoms with Gasteiger partial charge in [0.15, 0.2) is 0 Å². The van der Waals surface area contributed by atoms with Crippen molar-refractivity contribution in [3.8, 4) is 0 Å². The van der Waals surface area contributed by atoms with Gasteiger partial charge in [0.1, 0.15) is 0 Å². The molecule has 2 aliphatic rings. The van der Waals surface area contributed by atoms with Gasteiger partial charge in [-0.1, -0.05) is 26.2 Å². The number of ether oxygens (including phenoxy) is 1. The molecular weight excluding hydrogens is 224 g/mol. The largest absolute Gasteiger partial charge is 0.380 e. The van der Waals surface area contributed by atoms with Crippen LogP contribution in [-0.2, 0) is 4.74 Å². The Bertz CT molecular complexity index is 251. The highest BCUT2D eigenvalue weighted by Crippen LogP contribution is 2.33. The minimum atomic E-state index is 0.348. The van der Waals surface area contributed by atoms with Gasteiger partial charge in [-0.3, -0.25) is 4.90 Å². The Morgan fingerprint density at radius 3 is 2.72 bits per heavy atom. The predicted molar refractivity (Wildman–Crippen MR) is 75.9 cm³/mol. The van der Waals surface area contributed by atoms with Gasteiger partial charge in [0.25, 0.3) is 0 Å². The van der Waals surface area contributed by atoms with Crippen molar-refractivity contribution in [2.75, 3.05) is 26.7 Å². The second-order valence-corrected chi connectivity index (χ2v) is 6.29. The fraction of sp³-hybridized carbons (Fsp3) is 1.00. The Balaban J connectivity index is 1.98. The highest BCUT2D eigenvalue weighted by atomic mass is 16.5. The molecule has 3 heteroatoms. The highest BCUT2D eigenvalue weighted by molar-refractivity contribution is 5.01. The second-order valence-electron chi connectivity index (χ2n) is 6.29. The van der Waals surface area contributed by atoms with E-state index < -0.39 is 0 Å². The topological polar surface area (TPSA) is 24.5 Å². The van der Waals surface area contributed by atoms with E-state index in [9.17, 15) is 0 Å². The first-order valence-electron chi connectivity index (χ1n) is 7.71. The van der Waals surface area contributed by atoms with E-state index in [-0.39, 0.29) is 0 Å². The number of hydrogen-bond donors (Lipinski definition) is 1. The Hall–Kier alpha value is -0.120. The van der Waals surface area contributed by atoms with E-state index >= 15 is 0 Å². The standard InChI is InChI=1S/C15H30N2O/c1-4-7-14-10-16-15(8-5-6-9-15)12-17(14)11-13(2)18-3/h13-14,16H,4-12H2,1-3H3. The number of hydrogen-bond acceptors (Lipinski definition) is 3. The number of rotatable bonds is 5. The molecule has 0 radical (unpaired) electrons. The van der Waals surface area contributed by atoms with Crippen molar-refractivity contribution in [1.29, 1.82) is 0 Å². The van der Waals surface area contributed by atoms with Crippen LogP contribution in [0.5, 0.6) is 0 Å². The lowest BCUT2D eigenvalue weighted by molar-refractivity contribution is 0.0188. The van der Waals surface area contributed by atoms with E-state index in [0.29, 0.717) is 17.7 Å². The summed E-state index contributed by atoms with van der Waals surface area (Å²) < 4.78 is 5.47. The van der Waals surface area contributed by atoms with Gasteiger partial charge in [-0.05, 0) is 26.2 Å². The van der Waals surface area contributed by atoms with Crippen LogP contribution in [0.15, 0.2) is 0 Å². The lowest BCUT2D eigenvalue weighted by atomic mass is 9.91. The van der Waals surface area contributed by atoms with Crippen LogP contribution in [0.25, 0.3) is 0 Å². The molecule has 0 aromatic heterocycles. The Morgan fingerprint density at radius 2 is 2.11 bits per heavy atom. The molecule has 1 N–H and O–H groups in total. The summed E-state index contributed by atoms with van der Waals surface area (Å²) in [4.78, 5) is 2.69. The molecule has 1 aliphatic heterocycles. The number of piperazine rings is 1. The number of nitrogens with one attached hydrogen (secondary N) is 1. The van der Waals surface area contributed by atoms with E-state index in [1.54, 1.807) is 0 Å². The van der Waals surface area contributed by atoms with Crippen molar-refractivity contribution >= 4 is 0 Å². The van der Waals surface area contributed by atoms with Crippen LogP contribution >= 0.6 is 0 Å². The quantitative estimate of drug-likeness (QED) is 0.815. The molecule has 106 valence electrons. The van der Waals surface area contributed by atoms with Crippen LogP contribution in [0, 0.1) is 0 Å². The molecule has 2 atom stereocenters. The summed E-state index contributed by atoms with van der Waals surface area (Å²) in [6.07, 6.45) is 8.46. The van der Waals surface area contributed by atoms with E-state index in [2.05, 4.69) is 24.1 Å². The molecule has 1 heterocycles. The second kappa shape index (κ2) is 6.36. The molecule has 1 spiro atoms. The molecule has 1 saturated carbocycles. The zero-order valence-electron chi connectivity index (χ0n) is 12.4. The zero-order valence-corrected chi connectivity index (χ0v) is 12.4.